The Bertz CT molecular complexity index is 543. The summed E-state index contributed by atoms with van der Waals surface area (Å²) in [7, 11) is 0. The first kappa shape index (κ1) is 24.1. The highest BCUT2D eigenvalue weighted by Crippen LogP contribution is 2.35. The lowest BCUT2D eigenvalue weighted by Gasteiger charge is -2.46. The van der Waals surface area contributed by atoms with Crippen LogP contribution in [0.15, 0.2) is 0 Å². The van der Waals surface area contributed by atoms with E-state index in [1.54, 1.807) is 27.7 Å². The van der Waals surface area contributed by atoms with Gasteiger partial charge in [-0.25, -0.2) is 17.6 Å². The van der Waals surface area contributed by atoms with Gasteiger partial charge in [-0.1, -0.05) is 0 Å². The first-order chi connectivity index (χ1) is 13.8. The zero-order valence-corrected chi connectivity index (χ0v) is 17.0. The van der Waals surface area contributed by atoms with E-state index in [-0.39, 0.29) is 13.2 Å². The summed E-state index contributed by atoms with van der Waals surface area (Å²) >= 11 is 0. The Balaban J connectivity index is 0.000000171. The highest BCUT2D eigenvalue weighted by atomic mass is 19.2. The van der Waals surface area contributed by atoms with E-state index in [9.17, 15) is 17.6 Å². The average molecular weight is 448 g/mol. The molecule has 4 aliphatic heterocycles. The van der Waals surface area contributed by atoms with E-state index in [0.29, 0.717) is 0 Å². The van der Waals surface area contributed by atoms with Crippen LogP contribution in [0.4, 0.5) is 17.6 Å². The van der Waals surface area contributed by atoms with Gasteiger partial charge in [-0.2, -0.15) is 0 Å². The third-order valence-corrected chi connectivity index (χ3v) is 5.17. The van der Waals surface area contributed by atoms with E-state index in [2.05, 4.69) is 0 Å². The van der Waals surface area contributed by atoms with Crippen molar-refractivity contribution in [2.75, 3.05) is 13.2 Å². The fraction of sp³-hybridized carbons (Fsp3) is 1.00. The molecule has 12 heteroatoms. The fourth-order valence-electron chi connectivity index (χ4n) is 3.59. The van der Waals surface area contributed by atoms with Crippen LogP contribution in [0, 0.1) is 0 Å². The van der Waals surface area contributed by atoms with Crippen LogP contribution in [0.25, 0.3) is 0 Å². The molecule has 4 aliphatic rings. The quantitative estimate of drug-likeness (QED) is 0.532. The summed E-state index contributed by atoms with van der Waals surface area (Å²) in [5.74, 6) is -1.90. The summed E-state index contributed by atoms with van der Waals surface area (Å²) in [6.07, 6.45) is -14.9. The molecule has 176 valence electrons. The van der Waals surface area contributed by atoms with Crippen molar-refractivity contribution in [1.29, 1.82) is 0 Å². The lowest BCUT2D eigenvalue weighted by Crippen LogP contribution is -2.62. The van der Waals surface area contributed by atoms with Crippen LogP contribution in [0.5, 0.6) is 0 Å². The molecule has 0 spiro atoms. The van der Waals surface area contributed by atoms with Crippen LogP contribution in [-0.4, -0.2) is 96.7 Å². The molecule has 0 aromatic heterocycles. The van der Waals surface area contributed by atoms with Gasteiger partial charge in [0.2, 0.25) is 0 Å². The van der Waals surface area contributed by atoms with Crippen LogP contribution in [0.1, 0.15) is 27.7 Å². The van der Waals surface area contributed by atoms with Gasteiger partial charge in [0, 0.05) is 0 Å². The van der Waals surface area contributed by atoms with Crippen molar-refractivity contribution < 1.29 is 56.2 Å². The maximum Gasteiger partial charge on any atom is 0.189 e. The smallest absolute Gasteiger partial charge is 0.189 e. The molecule has 0 unspecified atom stereocenters. The summed E-state index contributed by atoms with van der Waals surface area (Å²) in [5, 5.41) is 18.1. The van der Waals surface area contributed by atoms with Crippen LogP contribution >= 0.6 is 0 Å². The minimum Gasteiger partial charge on any atom is -0.365 e. The second-order valence-electron chi connectivity index (χ2n) is 8.49. The van der Waals surface area contributed by atoms with Crippen molar-refractivity contribution in [3.63, 3.8) is 0 Å². The van der Waals surface area contributed by atoms with Crippen molar-refractivity contribution in [2.45, 2.75) is 101 Å². The molecule has 4 saturated heterocycles. The van der Waals surface area contributed by atoms with Crippen LogP contribution < -0.4 is 0 Å². The molecule has 0 amide bonds. The van der Waals surface area contributed by atoms with Crippen LogP contribution in [0.3, 0.4) is 0 Å². The Morgan fingerprint density at radius 2 is 0.967 bits per heavy atom. The van der Waals surface area contributed by atoms with Crippen LogP contribution in [0.2, 0.25) is 0 Å². The summed E-state index contributed by atoms with van der Waals surface area (Å²) in [6, 6.07) is 0. The van der Waals surface area contributed by atoms with Crippen molar-refractivity contribution in [3.05, 3.63) is 0 Å². The van der Waals surface area contributed by atoms with Crippen molar-refractivity contribution in [2.24, 2.45) is 0 Å². The highest BCUT2D eigenvalue weighted by molar-refractivity contribution is 4.94. The maximum atomic E-state index is 13.5. The maximum absolute atomic E-state index is 13.5. The van der Waals surface area contributed by atoms with E-state index in [1.165, 1.54) is 0 Å². The molecule has 10 atom stereocenters. The molecule has 30 heavy (non-hydrogen) atoms. The number of aliphatic hydroxyl groups is 2. The number of aliphatic hydroxyl groups excluding tert-OH is 2. The molecule has 0 aliphatic carbocycles. The topological polar surface area (TPSA) is 95.8 Å². The number of hydrogen-bond donors (Lipinski definition) is 2. The van der Waals surface area contributed by atoms with Gasteiger partial charge in [0.1, 0.15) is 24.4 Å². The molecule has 0 aromatic carbocycles. The van der Waals surface area contributed by atoms with Gasteiger partial charge < -0.3 is 38.6 Å². The standard InChI is InChI=1S/2C9H14F2O4/c2*1-9(2)13-3-4-7(15-9)5(10)6(11)8(12)14-4/h2*4-8,12H,3H2,1-2H3/t2*4-,5-,6-,7+,8+/m00/s1. The van der Waals surface area contributed by atoms with Crippen LogP contribution in [-0.2, 0) is 28.4 Å². The summed E-state index contributed by atoms with van der Waals surface area (Å²) < 4.78 is 83.9. The first-order valence-corrected chi connectivity index (χ1v) is 9.68. The van der Waals surface area contributed by atoms with Gasteiger partial charge >= 0.3 is 0 Å². The Kier molecular flexibility index (Phi) is 7.00. The van der Waals surface area contributed by atoms with E-state index >= 15 is 0 Å². The molecule has 0 radical (unpaired) electrons. The second kappa shape index (κ2) is 8.74. The molecule has 8 nitrogen and oxygen atoms in total. The molecule has 0 saturated carbocycles. The summed E-state index contributed by atoms with van der Waals surface area (Å²) in [4.78, 5) is 0. The van der Waals surface area contributed by atoms with E-state index < -0.39 is 73.3 Å². The Hall–Kier alpha value is -0.600. The Morgan fingerprint density at radius 3 is 1.30 bits per heavy atom. The molecule has 0 bridgehead atoms. The zero-order chi connectivity index (χ0) is 22.4. The number of rotatable bonds is 0. The van der Waals surface area contributed by atoms with Gasteiger partial charge in [-0.3, -0.25) is 0 Å². The van der Waals surface area contributed by atoms with Crippen molar-refractivity contribution >= 4 is 0 Å². The average Bonchev–Trinajstić information content (AvgIpc) is 2.66. The van der Waals surface area contributed by atoms with E-state index in [1.807, 2.05) is 0 Å². The van der Waals surface area contributed by atoms with Gasteiger partial charge in [0.05, 0.1) is 13.2 Å². The summed E-state index contributed by atoms with van der Waals surface area (Å²) in [5.41, 5.74) is 0. The lowest BCUT2D eigenvalue weighted by atomic mass is 10.00. The molecule has 0 aromatic rings. The lowest BCUT2D eigenvalue weighted by molar-refractivity contribution is -0.364. The molecular formula is C18H28F4O8. The van der Waals surface area contributed by atoms with Crippen molar-refractivity contribution in [1.82, 2.24) is 0 Å². The number of fused-ring (bicyclic) bond motifs is 2. The Morgan fingerprint density at radius 1 is 0.633 bits per heavy atom. The largest absolute Gasteiger partial charge is 0.365 e. The Labute approximate surface area is 171 Å². The molecule has 4 fully saturated rings. The second-order valence-corrected chi connectivity index (χ2v) is 8.49. The van der Waals surface area contributed by atoms with Crippen molar-refractivity contribution in [3.8, 4) is 0 Å². The van der Waals surface area contributed by atoms with Gasteiger partial charge in [-0.15, -0.1) is 0 Å². The minimum atomic E-state index is -2.07. The molecular weight excluding hydrogens is 420 g/mol. The highest BCUT2D eigenvalue weighted by Gasteiger charge is 2.53. The van der Waals surface area contributed by atoms with Gasteiger partial charge in [-0.05, 0) is 27.7 Å². The van der Waals surface area contributed by atoms with E-state index in [0.717, 1.165) is 0 Å². The first-order valence-electron chi connectivity index (χ1n) is 9.68. The monoisotopic (exact) mass is 448 g/mol. The number of alkyl halides is 4. The number of ether oxygens (including phenoxy) is 6. The SMILES string of the molecule is CC1(C)OC[C@@H]2O[C@@H](O)[C@@H](F)[C@H](F)[C@@H]2O1.CC1(C)OC[C@@H]2O[C@@H](O)[C@@H](F)[C@H](F)[C@@H]2O1. The van der Waals surface area contributed by atoms with E-state index in [4.69, 9.17) is 38.6 Å². The summed E-state index contributed by atoms with van der Waals surface area (Å²) in [6.45, 7) is 6.65. The third-order valence-electron chi connectivity index (χ3n) is 5.17. The predicted molar refractivity (Wildman–Crippen MR) is 91.2 cm³/mol. The normalized spacial score (nSPS) is 49.8. The fourth-order valence-corrected chi connectivity index (χ4v) is 3.59. The van der Waals surface area contributed by atoms with Gasteiger partial charge in [0.25, 0.3) is 0 Å². The zero-order valence-electron chi connectivity index (χ0n) is 17.0. The molecule has 2 N–H and O–H groups in total. The number of hydrogen-bond acceptors (Lipinski definition) is 8. The van der Waals surface area contributed by atoms with Gasteiger partial charge in [0.15, 0.2) is 48.8 Å². The minimum absolute atomic E-state index is 0.0852. The predicted octanol–water partition coefficient (Wildman–Crippen LogP) is 1.06. The molecule has 4 heterocycles. The molecule has 4 rings (SSSR count). The third kappa shape index (κ3) is 5.07. The number of halogens is 4.